The predicted molar refractivity (Wildman–Crippen MR) is 174 cm³/mol. The Hall–Kier alpha value is -4.43. The van der Waals surface area contributed by atoms with Crippen LogP contribution in [0, 0.1) is 11.8 Å². The molecule has 4 aromatic rings. The zero-order valence-electron chi connectivity index (χ0n) is 25.3. The third-order valence-electron chi connectivity index (χ3n) is 8.20. The van der Waals surface area contributed by atoms with Crippen LogP contribution in [0.25, 0.3) is 22.3 Å². The van der Waals surface area contributed by atoms with Crippen LogP contribution >= 0.6 is 0 Å². The van der Waals surface area contributed by atoms with Crippen molar-refractivity contribution in [3.05, 3.63) is 37.0 Å². The largest absolute Gasteiger partial charge is 0.396 e. The molecule has 10 N–H and O–H groups in total. The minimum atomic E-state index is -4.67. The van der Waals surface area contributed by atoms with Gasteiger partial charge in [-0.3, -0.25) is 9.11 Å². The lowest BCUT2D eigenvalue weighted by molar-refractivity contribution is 0.244. The van der Waals surface area contributed by atoms with E-state index in [-0.39, 0.29) is 49.0 Å². The summed E-state index contributed by atoms with van der Waals surface area (Å²) in [4.78, 5) is 26.2. The lowest BCUT2D eigenvalue weighted by Crippen LogP contribution is -2.10. The highest BCUT2D eigenvalue weighted by Crippen LogP contribution is 2.34. The quantitative estimate of drug-likeness (QED) is 0.0974. The van der Waals surface area contributed by atoms with Gasteiger partial charge in [0, 0.05) is 37.1 Å². The predicted octanol–water partition coefficient (Wildman–Crippen LogP) is 1.53. The molecule has 252 valence electrons. The highest BCUT2D eigenvalue weighted by Gasteiger charge is 2.27. The molecule has 4 atom stereocenters. The third-order valence-corrected chi connectivity index (χ3v) is 8.20. The molecular weight excluding hydrogens is 632 g/mol. The molecule has 18 nitrogen and oxygen atoms in total. The van der Waals surface area contributed by atoms with Crippen molar-refractivity contribution in [1.82, 2.24) is 39.0 Å². The van der Waals surface area contributed by atoms with E-state index in [0.717, 1.165) is 72.5 Å². The summed E-state index contributed by atoms with van der Waals surface area (Å²) >= 11 is 0. The summed E-state index contributed by atoms with van der Waals surface area (Å²) in [5.74, 6) is 2.37. The van der Waals surface area contributed by atoms with Crippen LogP contribution in [0.2, 0.25) is 0 Å². The first-order valence-electron chi connectivity index (χ1n) is 15.3. The summed E-state index contributed by atoms with van der Waals surface area (Å²) < 4.78 is 35.6. The van der Waals surface area contributed by atoms with Crippen molar-refractivity contribution in [3.8, 4) is 0 Å². The average Bonchev–Trinajstić information content (AvgIpc) is 3.73. The molecule has 4 aromatic heterocycles. The Bertz CT molecular complexity index is 1770. The lowest BCUT2D eigenvalue weighted by atomic mass is 10.1. The van der Waals surface area contributed by atoms with Gasteiger partial charge in [0.05, 0.1) is 24.7 Å². The number of aromatic nitrogens is 8. The third kappa shape index (κ3) is 8.11. The maximum Gasteiger partial charge on any atom is 0.394 e. The zero-order valence-corrected chi connectivity index (χ0v) is 26.1. The molecule has 4 heterocycles. The molecule has 0 bridgehead atoms. The number of fused-ring (bicyclic) bond motifs is 2. The number of aliphatic hydroxyl groups is 2. The molecule has 19 heteroatoms. The fraction of sp³-hybridized carbons (Fsp3) is 0.500. The Kier molecular flexibility index (Phi) is 9.24. The molecule has 0 aliphatic heterocycles. The number of rotatable bonds is 8. The number of aliphatic hydroxyl groups excluding tert-OH is 2. The van der Waals surface area contributed by atoms with E-state index < -0.39 is 10.4 Å². The van der Waals surface area contributed by atoms with Crippen LogP contribution in [0.5, 0.6) is 0 Å². The number of imidazole rings is 2. The van der Waals surface area contributed by atoms with E-state index in [4.69, 9.17) is 29.0 Å². The van der Waals surface area contributed by atoms with Gasteiger partial charge in [-0.1, -0.05) is 24.3 Å². The average molecular weight is 671 g/mol. The molecule has 0 radical (unpaired) electrons. The van der Waals surface area contributed by atoms with Crippen molar-refractivity contribution in [2.75, 3.05) is 35.3 Å². The number of nitrogens with zero attached hydrogens (tertiary/aromatic N) is 8. The van der Waals surface area contributed by atoms with Gasteiger partial charge in [0.15, 0.2) is 34.0 Å². The molecule has 4 aliphatic carbocycles. The zero-order chi connectivity index (χ0) is 33.3. The molecule has 0 saturated heterocycles. The molecule has 2 fully saturated rings. The topological polar surface area (TPSA) is 278 Å². The van der Waals surface area contributed by atoms with Crippen molar-refractivity contribution in [3.63, 3.8) is 0 Å². The fourth-order valence-corrected chi connectivity index (χ4v) is 5.58. The Morgan fingerprint density at radius 1 is 0.702 bits per heavy atom. The smallest absolute Gasteiger partial charge is 0.394 e. The minimum Gasteiger partial charge on any atom is -0.396 e. The summed E-state index contributed by atoms with van der Waals surface area (Å²) in [6, 6.07) is 1.29. The van der Waals surface area contributed by atoms with Gasteiger partial charge in [-0.15, -0.1) is 0 Å². The van der Waals surface area contributed by atoms with Crippen molar-refractivity contribution < 1.29 is 27.7 Å². The number of anilines is 4. The van der Waals surface area contributed by atoms with E-state index >= 15 is 0 Å². The minimum absolute atomic E-state index is 0.162. The first-order valence-corrected chi connectivity index (χ1v) is 16.7. The molecule has 4 aliphatic rings. The van der Waals surface area contributed by atoms with Crippen LogP contribution < -0.4 is 22.1 Å². The lowest BCUT2D eigenvalue weighted by Gasteiger charge is -2.13. The summed E-state index contributed by atoms with van der Waals surface area (Å²) in [5, 5.41) is 25.2. The van der Waals surface area contributed by atoms with Gasteiger partial charge in [0.1, 0.15) is 0 Å². The summed E-state index contributed by atoms with van der Waals surface area (Å²) in [6.45, 7) is 0.344. The maximum atomic E-state index is 9.26. The van der Waals surface area contributed by atoms with Crippen molar-refractivity contribution >= 4 is 56.3 Å². The van der Waals surface area contributed by atoms with E-state index in [1.54, 1.807) is 12.7 Å². The van der Waals surface area contributed by atoms with Gasteiger partial charge in [0.2, 0.25) is 11.9 Å². The van der Waals surface area contributed by atoms with E-state index in [1.165, 1.54) is 0 Å². The highest BCUT2D eigenvalue weighted by atomic mass is 32.3. The Morgan fingerprint density at radius 3 is 1.40 bits per heavy atom. The van der Waals surface area contributed by atoms with E-state index in [0.29, 0.717) is 12.1 Å². The van der Waals surface area contributed by atoms with Gasteiger partial charge in [0.25, 0.3) is 0 Å². The van der Waals surface area contributed by atoms with Gasteiger partial charge in [-0.2, -0.15) is 28.4 Å². The van der Waals surface area contributed by atoms with Crippen LogP contribution in [0.1, 0.15) is 50.6 Å². The molecular formula is C28H38N12O6S. The van der Waals surface area contributed by atoms with Crippen molar-refractivity contribution in [1.29, 1.82) is 0 Å². The molecule has 8 rings (SSSR count). The monoisotopic (exact) mass is 670 g/mol. The van der Waals surface area contributed by atoms with Gasteiger partial charge >= 0.3 is 10.4 Å². The van der Waals surface area contributed by atoms with E-state index in [9.17, 15) is 10.2 Å². The molecule has 0 aromatic carbocycles. The maximum absolute atomic E-state index is 9.26. The first kappa shape index (κ1) is 32.5. The molecule has 0 amide bonds. The Morgan fingerprint density at radius 2 is 1.09 bits per heavy atom. The standard InChI is InChI=1S/2C14H18N6O.H2O4S/c2*15-14-18-12(17-9-2-3-9)11-13(19-14)20(7-16-11)10-4-1-8(5-10)6-21;1-5(2,3)4/h2*1,4,7-10,21H,2-3,5-6H2,(H3,15,17,18,19);(H2,1,2,3,4). The van der Waals surface area contributed by atoms with E-state index in [1.807, 2.05) is 21.3 Å². The van der Waals surface area contributed by atoms with Crippen molar-refractivity contribution in [2.24, 2.45) is 11.8 Å². The highest BCUT2D eigenvalue weighted by molar-refractivity contribution is 7.79. The summed E-state index contributed by atoms with van der Waals surface area (Å²) in [7, 11) is -4.67. The first-order chi connectivity index (χ1) is 22.5. The normalized spacial score (nSPS) is 23.4. The molecule has 2 saturated carbocycles. The molecule has 0 spiro atoms. The van der Waals surface area contributed by atoms with Gasteiger partial charge in [-0.05, 0) is 38.5 Å². The number of nitrogens with one attached hydrogen (secondary N) is 2. The van der Waals surface area contributed by atoms with Crippen LogP contribution in [-0.2, 0) is 10.4 Å². The summed E-state index contributed by atoms with van der Waals surface area (Å²) in [5.41, 5.74) is 14.7. The second-order valence-corrected chi connectivity index (χ2v) is 13.0. The second kappa shape index (κ2) is 13.4. The number of hydrogen-bond donors (Lipinski definition) is 8. The number of allylic oxidation sites excluding steroid dienone is 2. The molecule has 4 unspecified atom stereocenters. The fourth-order valence-electron chi connectivity index (χ4n) is 5.58. The second-order valence-electron chi connectivity index (χ2n) is 12.1. The SMILES string of the molecule is Nc1nc(NC2CC2)c2ncn(C3C=CC(CO)C3)c2n1.Nc1nc(NC2CC2)c2ncn(C3C=CC(CO)C3)c2n1.O=S(=O)(O)O. The summed E-state index contributed by atoms with van der Waals surface area (Å²) in [6.07, 6.45) is 18.2. The van der Waals surface area contributed by atoms with Crippen LogP contribution in [0.15, 0.2) is 37.0 Å². The van der Waals surface area contributed by atoms with Gasteiger partial charge < -0.3 is 41.4 Å². The van der Waals surface area contributed by atoms with Crippen LogP contribution in [0.3, 0.4) is 0 Å². The van der Waals surface area contributed by atoms with Crippen LogP contribution in [0.4, 0.5) is 23.5 Å². The van der Waals surface area contributed by atoms with Gasteiger partial charge in [-0.25, -0.2) is 9.97 Å². The number of nitrogens with two attached hydrogens (primary N) is 2. The van der Waals surface area contributed by atoms with Crippen molar-refractivity contribution in [2.45, 2.75) is 62.7 Å². The number of hydrogen-bond acceptors (Lipinski definition) is 14. The van der Waals surface area contributed by atoms with E-state index in [2.05, 4.69) is 52.7 Å². The Labute approximate surface area is 269 Å². The Balaban J connectivity index is 0.000000144. The molecule has 47 heavy (non-hydrogen) atoms. The number of nitrogen functional groups attached to an aromatic ring is 2. The van der Waals surface area contributed by atoms with Crippen LogP contribution in [-0.4, -0.2) is 92.1 Å².